The number of nitrogens with one attached hydrogen (secondary N) is 2. The maximum atomic E-state index is 11.6. The molecule has 1 aliphatic heterocycles. The first-order chi connectivity index (χ1) is 7.38. The summed E-state index contributed by atoms with van der Waals surface area (Å²) in [6.07, 6.45) is 1.80. The van der Waals surface area contributed by atoms with Crippen LogP contribution in [0.25, 0.3) is 0 Å². The summed E-state index contributed by atoms with van der Waals surface area (Å²) >= 11 is 2.01. The van der Waals surface area contributed by atoms with Gasteiger partial charge in [0.1, 0.15) is 0 Å². The fourth-order valence-electron chi connectivity index (χ4n) is 1.85. The van der Waals surface area contributed by atoms with Crippen molar-refractivity contribution in [3.8, 4) is 0 Å². The van der Waals surface area contributed by atoms with Crippen LogP contribution in [-0.4, -0.2) is 35.0 Å². The van der Waals surface area contributed by atoms with E-state index >= 15 is 0 Å². The highest BCUT2D eigenvalue weighted by Crippen LogP contribution is 2.25. The van der Waals surface area contributed by atoms with E-state index in [4.69, 9.17) is 0 Å². The quantitative estimate of drug-likeness (QED) is 0.792. The molecule has 0 saturated carbocycles. The molecule has 0 aromatic rings. The van der Waals surface area contributed by atoms with Gasteiger partial charge in [-0.25, -0.2) is 0 Å². The van der Waals surface area contributed by atoms with Crippen molar-refractivity contribution < 1.29 is 4.79 Å². The third kappa shape index (κ3) is 5.21. The highest BCUT2D eigenvalue weighted by atomic mass is 32.2. The highest BCUT2D eigenvalue weighted by Gasteiger charge is 2.23. The SMILES string of the molecule is CC1SCCC1NCCC(=O)NC(C)(C)C. The van der Waals surface area contributed by atoms with E-state index in [0.29, 0.717) is 17.7 Å². The molecular formula is C12H24N2OS. The molecule has 3 nitrogen and oxygen atoms in total. The lowest BCUT2D eigenvalue weighted by atomic mass is 10.1. The van der Waals surface area contributed by atoms with E-state index in [-0.39, 0.29) is 11.4 Å². The van der Waals surface area contributed by atoms with E-state index in [1.54, 1.807) is 0 Å². The Balaban J connectivity index is 2.13. The molecule has 0 radical (unpaired) electrons. The summed E-state index contributed by atoms with van der Waals surface area (Å²) in [5.74, 6) is 1.38. The van der Waals surface area contributed by atoms with Crippen LogP contribution < -0.4 is 10.6 Å². The Labute approximate surface area is 103 Å². The van der Waals surface area contributed by atoms with Crippen molar-refractivity contribution in [2.45, 2.75) is 57.4 Å². The van der Waals surface area contributed by atoms with Crippen molar-refractivity contribution >= 4 is 17.7 Å². The molecule has 1 rings (SSSR count). The second kappa shape index (κ2) is 5.92. The second-order valence-corrected chi connectivity index (χ2v) is 6.96. The van der Waals surface area contributed by atoms with Crippen LogP contribution in [0.1, 0.15) is 40.5 Å². The Morgan fingerprint density at radius 1 is 1.44 bits per heavy atom. The molecule has 94 valence electrons. The van der Waals surface area contributed by atoms with Gasteiger partial charge in [-0.15, -0.1) is 0 Å². The van der Waals surface area contributed by atoms with Gasteiger partial charge in [-0.1, -0.05) is 6.92 Å². The molecule has 4 heteroatoms. The van der Waals surface area contributed by atoms with E-state index < -0.39 is 0 Å². The molecule has 1 amide bonds. The van der Waals surface area contributed by atoms with Crippen molar-refractivity contribution in [2.24, 2.45) is 0 Å². The summed E-state index contributed by atoms with van der Waals surface area (Å²) in [7, 11) is 0. The van der Waals surface area contributed by atoms with Gasteiger partial charge in [0, 0.05) is 29.8 Å². The zero-order valence-electron chi connectivity index (χ0n) is 10.8. The zero-order valence-corrected chi connectivity index (χ0v) is 11.6. The minimum atomic E-state index is -0.117. The van der Waals surface area contributed by atoms with Crippen LogP contribution in [0.3, 0.4) is 0 Å². The number of hydrogen-bond acceptors (Lipinski definition) is 3. The van der Waals surface area contributed by atoms with Crippen LogP contribution in [0.5, 0.6) is 0 Å². The molecule has 0 aliphatic carbocycles. The first kappa shape index (κ1) is 13.8. The Morgan fingerprint density at radius 2 is 2.12 bits per heavy atom. The van der Waals surface area contributed by atoms with Crippen LogP contribution in [0.15, 0.2) is 0 Å². The zero-order chi connectivity index (χ0) is 12.2. The first-order valence-electron chi connectivity index (χ1n) is 6.04. The van der Waals surface area contributed by atoms with E-state index in [1.807, 2.05) is 32.5 Å². The topological polar surface area (TPSA) is 41.1 Å². The van der Waals surface area contributed by atoms with Gasteiger partial charge in [-0.2, -0.15) is 11.8 Å². The van der Waals surface area contributed by atoms with Gasteiger partial charge in [0.05, 0.1) is 0 Å². The minimum absolute atomic E-state index is 0.117. The van der Waals surface area contributed by atoms with Gasteiger partial charge in [0.2, 0.25) is 5.91 Å². The average molecular weight is 244 g/mol. The molecule has 0 aromatic carbocycles. The van der Waals surface area contributed by atoms with Gasteiger partial charge < -0.3 is 10.6 Å². The molecule has 0 aromatic heterocycles. The molecule has 1 aliphatic rings. The van der Waals surface area contributed by atoms with E-state index in [1.165, 1.54) is 12.2 Å². The number of carbonyl (C=O) groups is 1. The van der Waals surface area contributed by atoms with Gasteiger partial charge in [0.15, 0.2) is 0 Å². The lowest BCUT2D eigenvalue weighted by Gasteiger charge is -2.21. The summed E-state index contributed by atoms with van der Waals surface area (Å²) < 4.78 is 0. The highest BCUT2D eigenvalue weighted by molar-refractivity contribution is 8.00. The van der Waals surface area contributed by atoms with Crippen molar-refractivity contribution in [2.75, 3.05) is 12.3 Å². The van der Waals surface area contributed by atoms with E-state index in [9.17, 15) is 4.79 Å². The van der Waals surface area contributed by atoms with Crippen LogP contribution in [0.2, 0.25) is 0 Å². The lowest BCUT2D eigenvalue weighted by molar-refractivity contribution is -0.122. The molecule has 1 fully saturated rings. The Bertz CT molecular complexity index is 238. The standard InChI is InChI=1S/C12H24N2OS/c1-9-10(6-8-16-9)13-7-5-11(15)14-12(2,3)4/h9-10,13H,5-8H2,1-4H3,(H,14,15). The van der Waals surface area contributed by atoms with E-state index in [0.717, 1.165) is 6.54 Å². The number of hydrogen-bond donors (Lipinski definition) is 2. The third-order valence-corrected chi connectivity index (χ3v) is 3.97. The normalized spacial score (nSPS) is 25.8. The summed E-state index contributed by atoms with van der Waals surface area (Å²) in [5, 5.41) is 7.12. The smallest absolute Gasteiger partial charge is 0.221 e. The molecule has 2 unspecified atom stereocenters. The first-order valence-corrected chi connectivity index (χ1v) is 7.09. The van der Waals surface area contributed by atoms with Gasteiger partial charge in [0.25, 0.3) is 0 Å². The molecule has 2 N–H and O–H groups in total. The van der Waals surface area contributed by atoms with Crippen LogP contribution in [0.4, 0.5) is 0 Å². The number of thioether (sulfide) groups is 1. The van der Waals surface area contributed by atoms with Crippen molar-refractivity contribution in [3.63, 3.8) is 0 Å². The Kier molecular flexibility index (Phi) is 5.12. The molecule has 2 atom stereocenters. The molecule has 0 bridgehead atoms. The number of rotatable bonds is 4. The van der Waals surface area contributed by atoms with Crippen molar-refractivity contribution in [1.29, 1.82) is 0 Å². The Hall–Kier alpha value is -0.220. The van der Waals surface area contributed by atoms with E-state index in [2.05, 4.69) is 17.6 Å². The van der Waals surface area contributed by atoms with Crippen molar-refractivity contribution in [3.05, 3.63) is 0 Å². The minimum Gasteiger partial charge on any atom is -0.351 e. The van der Waals surface area contributed by atoms with Crippen molar-refractivity contribution in [1.82, 2.24) is 10.6 Å². The number of amides is 1. The third-order valence-electron chi connectivity index (χ3n) is 2.65. The fourth-order valence-corrected chi connectivity index (χ4v) is 3.08. The predicted molar refractivity (Wildman–Crippen MR) is 70.8 cm³/mol. The van der Waals surface area contributed by atoms with Gasteiger partial charge >= 0.3 is 0 Å². The predicted octanol–water partition coefficient (Wildman–Crippen LogP) is 1.77. The Morgan fingerprint density at radius 3 is 2.62 bits per heavy atom. The maximum Gasteiger partial charge on any atom is 0.221 e. The summed E-state index contributed by atoms with van der Waals surface area (Å²) in [6, 6.07) is 0.590. The van der Waals surface area contributed by atoms with Gasteiger partial charge in [-0.05, 0) is 32.9 Å². The average Bonchev–Trinajstić information content (AvgIpc) is 2.48. The second-order valence-electron chi connectivity index (χ2n) is 5.47. The fraction of sp³-hybridized carbons (Fsp3) is 0.917. The van der Waals surface area contributed by atoms with Crippen LogP contribution >= 0.6 is 11.8 Å². The molecule has 0 spiro atoms. The summed E-state index contributed by atoms with van der Waals surface area (Å²) in [6.45, 7) is 9.07. The molecular weight excluding hydrogens is 220 g/mol. The largest absolute Gasteiger partial charge is 0.351 e. The lowest BCUT2D eigenvalue weighted by Crippen LogP contribution is -2.42. The summed E-state index contributed by atoms with van der Waals surface area (Å²) in [4.78, 5) is 11.6. The molecule has 1 saturated heterocycles. The molecule has 16 heavy (non-hydrogen) atoms. The molecule has 1 heterocycles. The number of carbonyl (C=O) groups excluding carboxylic acids is 1. The van der Waals surface area contributed by atoms with Crippen LogP contribution in [0, 0.1) is 0 Å². The maximum absolute atomic E-state index is 11.6. The summed E-state index contributed by atoms with van der Waals surface area (Å²) in [5.41, 5.74) is -0.117. The van der Waals surface area contributed by atoms with Gasteiger partial charge in [-0.3, -0.25) is 4.79 Å². The monoisotopic (exact) mass is 244 g/mol. The van der Waals surface area contributed by atoms with Crippen LogP contribution in [-0.2, 0) is 4.79 Å².